The van der Waals surface area contributed by atoms with Crippen LogP contribution in [0.25, 0.3) is 0 Å². The van der Waals surface area contributed by atoms with Gasteiger partial charge in [-0.1, -0.05) is 33.0 Å². The number of thiocarbonyl (C=S) groups is 1. The van der Waals surface area contributed by atoms with E-state index in [9.17, 15) is 8.42 Å². The maximum Gasteiger partial charge on any atom is 0.214 e. The molecule has 0 spiro atoms. The highest BCUT2D eigenvalue weighted by atomic mass is 32.2. The van der Waals surface area contributed by atoms with E-state index in [2.05, 4.69) is 0 Å². The molecule has 1 saturated heterocycles. The Balaban J connectivity index is 2.67. The smallest absolute Gasteiger partial charge is 0.214 e. The monoisotopic (exact) mass is 278 g/mol. The lowest BCUT2D eigenvalue weighted by atomic mass is 9.81. The van der Waals surface area contributed by atoms with Crippen LogP contribution in [0.5, 0.6) is 0 Å². The minimum atomic E-state index is -3.11. The molecule has 6 heteroatoms. The molecule has 1 rings (SSSR count). The zero-order valence-electron chi connectivity index (χ0n) is 10.8. The molecular weight excluding hydrogens is 256 g/mol. The third kappa shape index (κ3) is 3.63. The van der Waals surface area contributed by atoms with Crippen LogP contribution in [0, 0.1) is 11.3 Å². The molecule has 0 atom stereocenters. The number of nitrogens with zero attached hydrogens (tertiary/aromatic N) is 1. The molecule has 0 aliphatic carbocycles. The van der Waals surface area contributed by atoms with Gasteiger partial charge in [-0.15, -0.1) is 0 Å². The summed E-state index contributed by atoms with van der Waals surface area (Å²) in [4.78, 5) is 0.499. The molecule has 0 bridgehead atoms. The van der Waals surface area contributed by atoms with E-state index in [-0.39, 0.29) is 17.1 Å². The van der Waals surface area contributed by atoms with Crippen molar-refractivity contribution in [1.82, 2.24) is 4.31 Å². The Hall–Kier alpha value is -0.200. The normalized spacial score (nSPS) is 21.6. The molecule has 1 aliphatic rings. The third-order valence-corrected chi connectivity index (χ3v) is 6.09. The lowest BCUT2D eigenvalue weighted by molar-refractivity contribution is 0.243. The quantitative estimate of drug-likeness (QED) is 0.789. The Morgan fingerprint density at radius 3 is 2.24 bits per heavy atom. The van der Waals surface area contributed by atoms with Gasteiger partial charge in [-0.2, -0.15) is 0 Å². The fourth-order valence-electron chi connectivity index (χ4n) is 2.03. The molecular formula is C11H22N2O2S2. The van der Waals surface area contributed by atoms with Crippen molar-refractivity contribution in [3.05, 3.63) is 0 Å². The molecule has 0 aromatic heterocycles. The highest BCUT2D eigenvalue weighted by molar-refractivity contribution is 7.89. The summed E-state index contributed by atoms with van der Waals surface area (Å²) in [7, 11) is -3.11. The van der Waals surface area contributed by atoms with Crippen LogP contribution in [0.1, 0.15) is 33.6 Å². The summed E-state index contributed by atoms with van der Waals surface area (Å²) in [6, 6.07) is 0. The topological polar surface area (TPSA) is 63.4 Å². The first-order valence-corrected chi connectivity index (χ1v) is 7.97. The molecule has 2 N–H and O–H groups in total. The van der Waals surface area contributed by atoms with Crippen LogP contribution in [0.2, 0.25) is 0 Å². The van der Waals surface area contributed by atoms with Crippen molar-refractivity contribution >= 4 is 27.2 Å². The average molecular weight is 278 g/mol. The van der Waals surface area contributed by atoms with Crippen LogP contribution in [0.15, 0.2) is 0 Å². The van der Waals surface area contributed by atoms with E-state index >= 15 is 0 Å². The first kappa shape index (κ1) is 14.9. The number of hydrogen-bond donors (Lipinski definition) is 1. The van der Waals surface area contributed by atoms with Gasteiger partial charge in [0.2, 0.25) is 10.0 Å². The van der Waals surface area contributed by atoms with Gasteiger partial charge in [-0.05, 0) is 18.8 Å². The Bertz CT molecular complexity index is 382. The summed E-state index contributed by atoms with van der Waals surface area (Å²) in [5.74, 6) is 0.375. The molecule has 17 heavy (non-hydrogen) atoms. The van der Waals surface area contributed by atoms with E-state index < -0.39 is 10.0 Å². The minimum absolute atomic E-state index is 0.156. The molecule has 0 amide bonds. The van der Waals surface area contributed by atoms with Gasteiger partial charge in [0.1, 0.15) is 0 Å². The van der Waals surface area contributed by atoms with Gasteiger partial charge >= 0.3 is 0 Å². The molecule has 1 aliphatic heterocycles. The van der Waals surface area contributed by atoms with Gasteiger partial charge in [-0.25, -0.2) is 12.7 Å². The van der Waals surface area contributed by atoms with Crippen molar-refractivity contribution in [2.75, 3.05) is 18.8 Å². The van der Waals surface area contributed by atoms with Crippen LogP contribution in [0.4, 0.5) is 0 Å². The fraction of sp³-hybridized carbons (Fsp3) is 0.909. The lowest BCUT2D eigenvalue weighted by Gasteiger charge is -2.38. The zero-order valence-corrected chi connectivity index (χ0v) is 12.4. The SMILES string of the molecule is CC(C)CS(=O)(=O)N1CCC(C)(C(N)=S)CC1. The van der Waals surface area contributed by atoms with E-state index in [4.69, 9.17) is 18.0 Å². The predicted octanol–water partition coefficient (Wildman–Crippen LogP) is 1.36. The van der Waals surface area contributed by atoms with Gasteiger partial charge in [0, 0.05) is 18.5 Å². The molecule has 1 fully saturated rings. The first-order chi connectivity index (χ1) is 7.67. The summed E-state index contributed by atoms with van der Waals surface area (Å²) in [5, 5.41) is 0. The zero-order chi connectivity index (χ0) is 13.3. The molecule has 4 nitrogen and oxygen atoms in total. The fourth-order valence-corrected chi connectivity index (χ4v) is 4.03. The molecule has 0 aromatic carbocycles. The summed E-state index contributed by atoms with van der Waals surface area (Å²) in [5.41, 5.74) is 5.52. The Kier molecular flexibility index (Phi) is 4.54. The van der Waals surface area contributed by atoms with Crippen molar-refractivity contribution in [3.8, 4) is 0 Å². The predicted molar refractivity (Wildman–Crippen MR) is 74.3 cm³/mol. The molecule has 0 aromatic rings. The van der Waals surface area contributed by atoms with Crippen LogP contribution in [0.3, 0.4) is 0 Å². The Morgan fingerprint density at radius 1 is 1.41 bits per heavy atom. The summed E-state index contributed by atoms with van der Waals surface area (Å²) < 4.78 is 25.7. The number of hydrogen-bond acceptors (Lipinski definition) is 3. The summed E-state index contributed by atoms with van der Waals surface area (Å²) >= 11 is 5.04. The number of nitrogens with two attached hydrogens (primary N) is 1. The van der Waals surface area contributed by atoms with E-state index in [0.717, 1.165) is 12.8 Å². The van der Waals surface area contributed by atoms with Crippen LogP contribution >= 0.6 is 12.2 Å². The van der Waals surface area contributed by atoms with E-state index in [1.54, 1.807) is 4.31 Å². The Labute approximate surface area is 110 Å². The number of piperidine rings is 1. The van der Waals surface area contributed by atoms with Crippen LogP contribution < -0.4 is 5.73 Å². The van der Waals surface area contributed by atoms with Crippen molar-refractivity contribution in [3.63, 3.8) is 0 Å². The molecule has 0 saturated carbocycles. The highest BCUT2D eigenvalue weighted by Gasteiger charge is 2.36. The molecule has 0 unspecified atom stereocenters. The van der Waals surface area contributed by atoms with Crippen molar-refractivity contribution in [2.45, 2.75) is 33.6 Å². The third-order valence-electron chi connectivity index (χ3n) is 3.36. The van der Waals surface area contributed by atoms with E-state index in [0.29, 0.717) is 18.1 Å². The van der Waals surface area contributed by atoms with E-state index in [1.807, 2.05) is 20.8 Å². The van der Waals surface area contributed by atoms with Crippen molar-refractivity contribution in [1.29, 1.82) is 0 Å². The lowest BCUT2D eigenvalue weighted by Crippen LogP contribution is -2.47. The average Bonchev–Trinajstić information content (AvgIpc) is 2.16. The minimum Gasteiger partial charge on any atom is -0.393 e. The van der Waals surface area contributed by atoms with Crippen molar-refractivity contribution in [2.24, 2.45) is 17.1 Å². The highest BCUT2D eigenvalue weighted by Crippen LogP contribution is 2.32. The largest absolute Gasteiger partial charge is 0.393 e. The molecule has 1 heterocycles. The first-order valence-electron chi connectivity index (χ1n) is 5.95. The van der Waals surface area contributed by atoms with Crippen LogP contribution in [-0.2, 0) is 10.0 Å². The number of rotatable bonds is 4. The molecule has 0 radical (unpaired) electrons. The number of sulfonamides is 1. The maximum absolute atomic E-state index is 12.0. The van der Waals surface area contributed by atoms with Crippen LogP contribution in [-0.4, -0.2) is 36.6 Å². The summed E-state index contributed by atoms with van der Waals surface area (Å²) in [6.45, 7) is 6.91. The standard InChI is InChI=1S/C11H22N2O2S2/c1-9(2)8-17(14,15)13-6-4-11(3,5-7-13)10(12)16/h9H,4-8H2,1-3H3,(H2,12,16). The van der Waals surface area contributed by atoms with Crippen molar-refractivity contribution < 1.29 is 8.42 Å². The second kappa shape index (κ2) is 5.20. The molecule has 100 valence electrons. The van der Waals surface area contributed by atoms with Gasteiger partial charge in [-0.3, -0.25) is 0 Å². The Morgan fingerprint density at radius 2 is 1.88 bits per heavy atom. The van der Waals surface area contributed by atoms with Gasteiger partial charge in [0.25, 0.3) is 0 Å². The summed E-state index contributed by atoms with van der Waals surface area (Å²) in [6.07, 6.45) is 1.44. The van der Waals surface area contributed by atoms with Gasteiger partial charge < -0.3 is 5.73 Å². The second-order valence-electron chi connectivity index (χ2n) is 5.50. The van der Waals surface area contributed by atoms with Gasteiger partial charge in [0.05, 0.1) is 10.7 Å². The second-order valence-corrected chi connectivity index (χ2v) is 7.95. The van der Waals surface area contributed by atoms with E-state index in [1.165, 1.54) is 0 Å². The maximum atomic E-state index is 12.0. The van der Waals surface area contributed by atoms with Gasteiger partial charge in [0.15, 0.2) is 0 Å².